The van der Waals surface area contributed by atoms with Gasteiger partial charge in [-0.15, -0.1) is 12.4 Å². The number of aromatic hydroxyl groups is 1. The molecule has 0 aliphatic rings. The summed E-state index contributed by atoms with van der Waals surface area (Å²) < 4.78 is 0.585. The number of aliphatic hydroxyl groups is 1. The second kappa shape index (κ2) is 6.05. The lowest BCUT2D eigenvalue weighted by atomic mass is 9.82. The number of phenols is 1. The highest BCUT2D eigenvalue weighted by molar-refractivity contribution is 9.10. The summed E-state index contributed by atoms with van der Waals surface area (Å²) in [4.78, 5) is 0. The number of aliphatic hydroxyl groups excluding tert-OH is 1. The number of nitrogens with two attached hydrogens (primary N) is 1. The van der Waals surface area contributed by atoms with E-state index in [1.165, 1.54) is 0 Å². The van der Waals surface area contributed by atoms with Crippen LogP contribution in [0.15, 0.2) is 22.7 Å². The number of phenolic OH excluding ortho intramolecular Hbond substituents is 1. The van der Waals surface area contributed by atoms with Crippen LogP contribution in [0.1, 0.15) is 32.4 Å². The van der Waals surface area contributed by atoms with Crippen LogP contribution in [-0.4, -0.2) is 16.3 Å². The summed E-state index contributed by atoms with van der Waals surface area (Å²) in [6.07, 6.45) is -0.715. The molecule has 0 radical (unpaired) electrons. The van der Waals surface area contributed by atoms with Gasteiger partial charge in [0.2, 0.25) is 0 Å². The van der Waals surface area contributed by atoms with E-state index in [9.17, 15) is 10.2 Å². The van der Waals surface area contributed by atoms with Crippen molar-refractivity contribution in [2.75, 3.05) is 0 Å². The zero-order valence-electron chi connectivity index (χ0n) is 10.1. The van der Waals surface area contributed by atoms with E-state index in [-0.39, 0.29) is 23.6 Å². The van der Waals surface area contributed by atoms with Gasteiger partial charge in [0, 0.05) is 5.56 Å². The van der Waals surface area contributed by atoms with E-state index in [2.05, 4.69) is 15.9 Å². The van der Waals surface area contributed by atoms with Crippen molar-refractivity contribution in [1.82, 2.24) is 0 Å². The second-order valence-electron chi connectivity index (χ2n) is 5.01. The molecular weight excluding hydrogens is 305 g/mol. The maximum absolute atomic E-state index is 10.1. The Labute approximate surface area is 117 Å². The number of para-hydroxylation sites is 1. The quantitative estimate of drug-likeness (QED) is 0.783. The summed E-state index contributed by atoms with van der Waals surface area (Å²) in [6, 6.07) is 4.64. The van der Waals surface area contributed by atoms with Crippen molar-refractivity contribution < 1.29 is 10.2 Å². The molecule has 0 saturated heterocycles. The minimum atomic E-state index is -0.715. The summed E-state index contributed by atoms with van der Waals surface area (Å²) >= 11 is 3.23. The molecule has 0 aliphatic carbocycles. The fourth-order valence-corrected chi connectivity index (χ4v) is 1.89. The van der Waals surface area contributed by atoms with Gasteiger partial charge in [-0.1, -0.05) is 32.9 Å². The van der Waals surface area contributed by atoms with Crippen molar-refractivity contribution in [2.24, 2.45) is 11.1 Å². The maximum Gasteiger partial charge on any atom is 0.134 e. The molecule has 1 aromatic carbocycles. The Morgan fingerprint density at radius 3 is 2.29 bits per heavy atom. The first-order valence-electron chi connectivity index (χ1n) is 5.16. The average molecular weight is 325 g/mol. The van der Waals surface area contributed by atoms with E-state index < -0.39 is 12.1 Å². The highest BCUT2D eigenvalue weighted by Gasteiger charge is 2.30. The molecule has 0 fully saturated rings. The van der Waals surface area contributed by atoms with E-state index in [1.54, 1.807) is 18.2 Å². The SMILES string of the molecule is CC(C)(C)[C@H](O)[C@H](N)c1cccc(Br)c1O.Cl. The average Bonchev–Trinajstić information content (AvgIpc) is 2.18. The third-order valence-corrected chi connectivity index (χ3v) is 3.24. The van der Waals surface area contributed by atoms with Gasteiger partial charge in [-0.05, 0) is 27.4 Å². The van der Waals surface area contributed by atoms with Gasteiger partial charge in [0.15, 0.2) is 0 Å². The number of benzene rings is 1. The van der Waals surface area contributed by atoms with Crippen LogP contribution < -0.4 is 5.73 Å². The Kier molecular flexibility index (Phi) is 5.94. The van der Waals surface area contributed by atoms with Gasteiger partial charge in [0.25, 0.3) is 0 Å². The molecule has 4 N–H and O–H groups in total. The fraction of sp³-hybridized carbons (Fsp3) is 0.500. The molecule has 0 saturated carbocycles. The molecule has 0 heterocycles. The second-order valence-corrected chi connectivity index (χ2v) is 5.87. The highest BCUT2D eigenvalue weighted by Crippen LogP contribution is 2.35. The van der Waals surface area contributed by atoms with Crippen LogP contribution >= 0.6 is 28.3 Å². The van der Waals surface area contributed by atoms with Crippen molar-refractivity contribution in [2.45, 2.75) is 32.9 Å². The summed E-state index contributed by atoms with van der Waals surface area (Å²) in [6.45, 7) is 5.73. The molecule has 1 aromatic rings. The molecule has 0 aromatic heterocycles. The molecule has 0 aliphatic heterocycles. The van der Waals surface area contributed by atoms with Crippen molar-refractivity contribution in [3.05, 3.63) is 28.2 Å². The Bertz CT molecular complexity index is 379. The van der Waals surface area contributed by atoms with Crippen LogP contribution in [0.4, 0.5) is 0 Å². The van der Waals surface area contributed by atoms with E-state index in [0.29, 0.717) is 10.0 Å². The molecule has 3 nitrogen and oxygen atoms in total. The zero-order chi connectivity index (χ0) is 12.5. The minimum absolute atomic E-state index is 0. The van der Waals surface area contributed by atoms with Crippen LogP contribution in [0, 0.1) is 5.41 Å². The molecule has 2 atom stereocenters. The number of hydrogen-bond acceptors (Lipinski definition) is 3. The normalized spacial score (nSPS) is 14.9. The monoisotopic (exact) mass is 323 g/mol. The third-order valence-electron chi connectivity index (χ3n) is 2.60. The van der Waals surface area contributed by atoms with Gasteiger partial charge in [-0.25, -0.2) is 0 Å². The molecular formula is C12H19BrClNO2. The number of halogens is 2. The first-order valence-corrected chi connectivity index (χ1v) is 5.95. The number of hydrogen-bond donors (Lipinski definition) is 3. The summed E-state index contributed by atoms with van der Waals surface area (Å²) in [5.74, 6) is 0.0956. The number of rotatable bonds is 2. The van der Waals surface area contributed by atoms with Crippen LogP contribution in [0.3, 0.4) is 0 Å². The predicted octanol–water partition coefficient (Wildman–Crippen LogP) is 2.98. The van der Waals surface area contributed by atoms with Gasteiger partial charge in [-0.2, -0.15) is 0 Å². The minimum Gasteiger partial charge on any atom is -0.506 e. The molecule has 0 spiro atoms. The lowest BCUT2D eigenvalue weighted by Crippen LogP contribution is -2.37. The van der Waals surface area contributed by atoms with Gasteiger partial charge >= 0.3 is 0 Å². The topological polar surface area (TPSA) is 66.5 Å². The van der Waals surface area contributed by atoms with Gasteiger partial charge < -0.3 is 15.9 Å². The summed E-state index contributed by atoms with van der Waals surface area (Å²) in [5.41, 5.74) is 6.19. The van der Waals surface area contributed by atoms with Gasteiger partial charge in [-0.3, -0.25) is 0 Å². The molecule has 1 rings (SSSR count). The van der Waals surface area contributed by atoms with E-state index in [1.807, 2.05) is 20.8 Å². The fourth-order valence-electron chi connectivity index (χ4n) is 1.51. The van der Waals surface area contributed by atoms with Crippen molar-refractivity contribution in [1.29, 1.82) is 0 Å². The first-order chi connectivity index (χ1) is 7.25. The maximum atomic E-state index is 10.1. The van der Waals surface area contributed by atoms with E-state index in [0.717, 1.165) is 0 Å². The van der Waals surface area contributed by atoms with Crippen LogP contribution in [0.5, 0.6) is 5.75 Å². The summed E-state index contributed by atoms with van der Waals surface area (Å²) in [7, 11) is 0. The molecule has 98 valence electrons. The Morgan fingerprint density at radius 2 is 1.82 bits per heavy atom. The molecule has 0 unspecified atom stereocenters. The van der Waals surface area contributed by atoms with Crippen LogP contribution in [-0.2, 0) is 0 Å². The molecule has 5 heteroatoms. The Hall–Kier alpha value is -0.290. The van der Waals surface area contributed by atoms with Crippen molar-refractivity contribution in [3.8, 4) is 5.75 Å². The smallest absolute Gasteiger partial charge is 0.134 e. The summed E-state index contributed by atoms with van der Waals surface area (Å²) in [5, 5.41) is 19.9. The van der Waals surface area contributed by atoms with E-state index in [4.69, 9.17) is 5.73 Å². The molecule has 17 heavy (non-hydrogen) atoms. The largest absolute Gasteiger partial charge is 0.506 e. The van der Waals surface area contributed by atoms with Gasteiger partial charge in [0.1, 0.15) is 5.75 Å². The van der Waals surface area contributed by atoms with E-state index >= 15 is 0 Å². The third kappa shape index (κ3) is 3.85. The standard InChI is InChI=1S/C12H18BrNO2.ClH/c1-12(2,3)11(16)9(14)7-5-4-6-8(13)10(7)15;/h4-6,9,11,15-16H,14H2,1-3H3;1H/t9-,11-;/m1./s1. The lowest BCUT2D eigenvalue weighted by molar-refractivity contribution is 0.0394. The predicted molar refractivity (Wildman–Crippen MR) is 75.4 cm³/mol. The Balaban J connectivity index is 0.00000256. The molecule has 0 amide bonds. The van der Waals surface area contributed by atoms with Crippen molar-refractivity contribution >= 4 is 28.3 Å². The van der Waals surface area contributed by atoms with Crippen molar-refractivity contribution in [3.63, 3.8) is 0 Å². The lowest BCUT2D eigenvalue weighted by Gasteiger charge is -2.31. The zero-order valence-corrected chi connectivity index (χ0v) is 12.5. The van der Waals surface area contributed by atoms with Crippen LogP contribution in [0.2, 0.25) is 0 Å². The van der Waals surface area contributed by atoms with Gasteiger partial charge in [0.05, 0.1) is 16.6 Å². The Morgan fingerprint density at radius 1 is 1.29 bits per heavy atom. The first kappa shape index (κ1) is 16.7. The van der Waals surface area contributed by atoms with Crippen LogP contribution in [0.25, 0.3) is 0 Å². The highest BCUT2D eigenvalue weighted by atomic mass is 79.9. The molecule has 0 bridgehead atoms.